The molecular weight excluding hydrogens is 356 g/mol. The molecule has 1 atom stereocenters. The largest absolute Gasteiger partial charge is 0.493 e. The van der Waals surface area contributed by atoms with Gasteiger partial charge in [0.05, 0.1) is 25.2 Å². The lowest BCUT2D eigenvalue weighted by Gasteiger charge is -2.15. The Balaban J connectivity index is 2.12. The van der Waals surface area contributed by atoms with Gasteiger partial charge in [0.2, 0.25) is 15.9 Å². The Hall–Kier alpha value is -2.58. The molecule has 2 rings (SSSR count). The third-order valence-electron chi connectivity index (χ3n) is 3.71. The number of nitrogens with one attached hydrogen (secondary N) is 2. The van der Waals surface area contributed by atoms with Crippen LogP contribution in [0.3, 0.4) is 0 Å². The number of carbonyl (C=O) groups is 1. The van der Waals surface area contributed by atoms with Crippen LogP contribution in [-0.2, 0) is 14.8 Å². The molecule has 26 heavy (non-hydrogen) atoms. The van der Waals surface area contributed by atoms with E-state index in [9.17, 15) is 13.2 Å². The summed E-state index contributed by atoms with van der Waals surface area (Å²) in [6.07, 6.45) is 0. The molecule has 2 aromatic carbocycles. The van der Waals surface area contributed by atoms with E-state index in [0.29, 0.717) is 11.4 Å². The SMILES string of the molecule is COc1ccc(S(=O)(=O)NC(C)C(=O)Nc2ccc(C)cc2)cc1OC. The van der Waals surface area contributed by atoms with Gasteiger partial charge in [0.15, 0.2) is 11.5 Å². The number of ether oxygens (including phenoxy) is 2. The second kappa shape index (κ2) is 8.20. The first-order valence-corrected chi connectivity index (χ1v) is 9.37. The van der Waals surface area contributed by atoms with E-state index >= 15 is 0 Å². The second-order valence-electron chi connectivity index (χ2n) is 5.72. The number of rotatable bonds is 7. The molecule has 2 aromatic rings. The molecule has 0 heterocycles. The Labute approximate surface area is 153 Å². The van der Waals surface area contributed by atoms with Gasteiger partial charge in [0.25, 0.3) is 0 Å². The highest BCUT2D eigenvalue weighted by Crippen LogP contribution is 2.29. The molecule has 1 unspecified atom stereocenters. The molecule has 0 bridgehead atoms. The second-order valence-corrected chi connectivity index (χ2v) is 7.43. The number of methoxy groups -OCH3 is 2. The number of aryl methyl sites for hydroxylation is 1. The molecule has 0 aliphatic carbocycles. The number of amides is 1. The molecule has 7 nitrogen and oxygen atoms in total. The van der Waals surface area contributed by atoms with Gasteiger partial charge in [-0.15, -0.1) is 0 Å². The highest BCUT2D eigenvalue weighted by atomic mass is 32.2. The van der Waals surface area contributed by atoms with Crippen LogP contribution < -0.4 is 19.5 Å². The van der Waals surface area contributed by atoms with Crippen molar-refractivity contribution in [3.8, 4) is 11.5 Å². The van der Waals surface area contributed by atoms with Crippen molar-refractivity contribution in [3.05, 3.63) is 48.0 Å². The van der Waals surface area contributed by atoms with E-state index in [1.165, 1.54) is 39.3 Å². The van der Waals surface area contributed by atoms with E-state index in [4.69, 9.17) is 9.47 Å². The van der Waals surface area contributed by atoms with E-state index in [-0.39, 0.29) is 10.6 Å². The third-order valence-corrected chi connectivity index (χ3v) is 5.25. The summed E-state index contributed by atoms with van der Waals surface area (Å²) in [6, 6.07) is 10.5. The fraction of sp³-hybridized carbons (Fsp3) is 0.278. The van der Waals surface area contributed by atoms with Crippen molar-refractivity contribution < 1.29 is 22.7 Å². The van der Waals surface area contributed by atoms with E-state index < -0.39 is 22.0 Å². The van der Waals surface area contributed by atoms with Gasteiger partial charge in [0.1, 0.15) is 0 Å². The fourth-order valence-electron chi connectivity index (χ4n) is 2.23. The smallest absolute Gasteiger partial charge is 0.242 e. The van der Waals surface area contributed by atoms with Crippen LogP contribution in [0.1, 0.15) is 12.5 Å². The summed E-state index contributed by atoms with van der Waals surface area (Å²) >= 11 is 0. The summed E-state index contributed by atoms with van der Waals surface area (Å²) in [5.41, 5.74) is 1.66. The molecule has 0 aliphatic rings. The number of carbonyl (C=O) groups excluding carboxylic acids is 1. The lowest BCUT2D eigenvalue weighted by molar-refractivity contribution is -0.117. The van der Waals surface area contributed by atoms with Gasteiger partial charge in [-0.2, -0.15) is 4.72 Å². The van der Waals surface area contributed by atoms with Crippen molar-refractivity contribution in [3.63, 3.8) is 0 Å². The summed E-state index contributed by atoms with van der Waals surface area (Å²) in [4.78, 5) is 12.2. The molecule has 0 saturated carbocycles. The van der Waals surface area contributed by atoms with Gasteiger partial charge < -0.3 is 14.8 Å². The predicted octanol–water partition coefficient (Wildman–Crippen LogP) is 2.32. The minimum absolute atomic E-state index is 0.0230. The number of hydrogen-bond acceptors (Lipinski definition) is 5. The van der Waals surface area contributed by atoms with Gasteiger partial charge in [-0.1, -0.05) is 17.7 Å². The summed E-state index contributed by atoms with van der Waals surface area (Å²) in [7, 11) is -1.03. The minimum Gasteiger partial charge on any atom is -0.493 e. The summed E-state index contributed by atoms with van der Waals surface area (Å²) < 4.78 is 37.6. The van der Waals surface area contributed by atoms with Gasteiger partial charge >= 0.3 is 0 Å². The number of benzene rings is 2. The molecule has 0 fully saturated rings. The zero-order chi connectivity index (χ0) is 19.3. The topological polar surface area (TPSA) is 93.7 Å². The highest BCUT2D eigenvalue weighted by Gasteiger charge is 2.23. The van der Waals surface area contributed by atoms with Crippen molar-refractivity contribution in [2.24, 2.45) is 0 Å². The molecule has 140 valence electrons. The summed E-state index contributed by atoms with van der Waals surface area (Å²) in [6.45, 7) is 3.41. The van der Waals surface area contributed by atoms with Crippen molar-refractivity contribution >= 4 is 21.6 Å². The van der Waals surface area contributed by atoms with Crippen LogP contribution in [-0.4, -0.2) is 34.6 Å². The summed E-state index contributed by atoms with van der Waals surface area (Å²) in [5.74, 6) is 0.238. The van der Waals surface area contributed by atoms with Crippen LogP contribution in [0.4, 0.5) is 5.69 Å². The third kappa shape index (κ3) is 4.74. The van der Waals surface area contributed by atoms with Gasteiger partial charge in [0, 0.05) is 11.8 Å². The van der Waals surface area contributed by atoms with Crippen molar-refractivity contribution in [2.75, 3.05) is 19.5 Å². The fourth-order valence-corrected chi connectivity index (χ4v) is 3.44. The molecule has 2 N–H and O–H groups in total. The van der Waals surface area contributed by atoms with Crippen molar-refractivity contribution in [2.45, 2.75) is 24.8 Å². The van der Waals surface area contributed by atoms with Crippen LogP contribution in [0.25, 0.3) is 0 Å². The first-order valence-electron chi connectivity index (χ1n) is 7.88. The Morgan fingerprint density at radius 3 is 2.19 bits per heavy atom. The van der Waals surface area contributed by atoms with Gasteiger partial charge in [-0.25, -0.2) is 8.42 Å². The van der Waals surface area contributed by atoms with Crippen molar-refractivity contribution in [1.29, 1.82) is 0 Å². The van der Waals surface area contributed by atoms with Gasteiger partial charge in [-0.3, -0.25) is 4.79 Å². The zero-order valence-electron chi connectivity index (χ0n) is 15.1. The lowest BCUT2D eigenvalue weighted by atomic mass is 10.2. The zero-order valence-corrected chi connectivity index (χ0v) is 15.9. The van der Waals surface area contributed by atoms with Crippen LogP contribution in [0.2, 0.25) is 0 Å². The number of hydrogen-bond donors (Lipinski definition) is 2. The van der Waals surface area contributed by atoms with Crippen LogP contribution in [0, 0.1) is 6.92 Å². The van der Waals surface area contributed by atoms with E-state index in [2.05, 4.69) is 10.0 Å². The molecule has 8 heteroatoms. The first-order chi connectivity index (χ1) is 12.3. The van der Waals surface area contributed by atoms with Gasteiger partial charge in [-0.05, 0) is 38.1 Å². The molecule has 1 amide bonds. The van der Waals surface area contributed by atoms with Crippen LogP contribution >= 0.6 is 0 Å². The maximum atomic E-state index is 12.5. The normalized spacial score (nSPS) is 12.3. The molecule has 0 saturated heterocycles. The predicted molar refractivity (Wildman–Crippen MR) is 99.1 cm³/mol. The van der Waals surface area contributed by atoms with E-state index in [1.807, 2.05) is 19.1 Å². The standard InChI is InChI=1S/C18H22N2O5S/c1-12-5-7-14(8-6-12)19-18(21)13(2)20-26(22,23)15-9-10-16(24-3)17(11-15)25-4/h5-11,13,20H,1-4H3,(H,19,21). The Kier molecular flexibility index (Phi) is 6.23. The summed E-state index contributed by atoms with van der Waals surface area (Å²) in [5, 5.41) is 2.67. The Bertz CT molecular complexity index is 879. The number of sulfonamides is 1. The average Bonchev–Trinajstić information content (AvgIpc) is 2.62. The molecule has 0 spiro atoms. The maximum absolute atomic E-state index is 12.5. The quantitative estimate of drug-likeness (QED) is 0.771. The lowest BCUT2D eigenvalue weighted by Crippen LogP contribution is -2.41. The van der Waals surface area contributed by atoms with Crippen LogP contribution in [0.5, 0.6) is 11.5 Å². The Morgan fingerprint density at radius 1 is 1.00 bits per heavy atom. The molecular formula is C18H22N2O5S. The monoisotopic (exact) mass is 378 g/mol. The number of anilines is 1. The Morgan fingerprint density at radius 2 is 1.62 bits per heavy atom. The first kappa shape index (κ1) is 19.7. The molecule has 0 aromatic heterocycles. The van der Waals surface area contributed by atoms with Crippen LogP contribution in [0.15, 0.2) is 47.4 Å². The maximum Gasteiger partial charge on any atom is 0.242 e. The minimum atomic E-state index is -3.91. The molecule has 0 radical (unpaired) electrons. The van der Waals surface area contributed by atoms with Crippen molar-refractivity contribution in [1.82, 2.24) is 4.72 Å². The highest BCUT2D eigenvalue weighted by molar-refractivity contribution is 7.89. The van der Waals surface area contributed by atoms with E-state index in [0.717, 1.165) is 5.56 Å². The van der Waals surface area contributed by atoms with E-state index in [1.54, 1.807) is 12.1 Å². The average molecular weight is 378 g/mol. The molecule has 0 aliphatic heterocycles.